The molecule has 8 heteroatoms. The molecule has 0 aromatic carbocycles. The van der Waals surface area contributed by atoms with Crippen LogP contribution in [-0.4, -0.2) is 29.0 Å². The summed E-state index contributed by atoms with van der Waals surface area (Å²) in [7, 11) is 0. The van der Waals surface area contributed by atoms with Crippen LogP contribution in [0.15, 0.2) is 4.99 Å². The molecule has 0 unspecified atom stereocenters. The minimum absolute atomic E-state index is 0. The maximum absolute atomic E-state index is 4.69. The molecular weight excluding hydrogens is 465 g/mol. The highest BCUT2D eigenvalue weighted by molar-refractivity contribution is 14.0. The van der Waals surface area contributed by atoms with Gasteiger partial charge in [0, 0.05) is 29.3 Å². The van der Waals surface area contributed by atoms with Gasteiger partial charge in [-0.3, -0.25) is 0 Å². The molecule has 0 aliphatic carbocycles. The molecule has 0 spiro atoms. The zero-order valence-corrected chi connectivity index (χ0v) is 19.6. The molecule has 0 aliphatic rings. The molecule has 0 radical (unpaired) electrons. The lowest BCUT2D eigenvalue weighted by Gasteiger charge is -2.10. The Bertz CT molecular complexity index is 693. The van der Waals surface area contributed by atoms with E-state index in [4.69, 9.17) is 4.98 Å². The van der Waals surface area contributed by atoms with E-state index >= 15 is 0 Å². The fourth-order valence-electron chi connectivity index (χ4n) is 2.42. The number of aliphatic imine (C=N–C) groups is 1. The van der Waals surface area contributed by atoms with Crippen LogP contribution in [0.5, 0.6) is 0 Å². The van der Waals surface area contributed by atoms with Gasteiger partial charge >= 0.3 is 0 Å². The van der Waals surface area contributed by atoms with E-state index in [1.807, 2.05) is 13.8 Å². The molecule has 2 aromatic heterocycles. The molecule has 2 aromatic rings. The summed E-state index contributed by atoms with van der Waals surface area (Å²) >= 11 is 3.52. The van der Waals surface area contributed by atoms with Crippen LogP contribution in [0, 0.1) is 20.8 Å². The maximum atomic E-state index is 4.69. The van der Waals surface area contributed by atoms with Gasteiger partial charge in [0.15, 0.2) is 5.96 Å². The van der Waals surface area contributed by atoms with Crippen molar-refractivity contribution in [1.82, 2.24) is 20.6 Å². The summed E-state index contributed by atoms with van der Waals surface area (Å²) in [5.74, 6) is 0.854. The van der Waals surface area contributed by atoms with Gasteiger partial charge < -0.3 is 10.6 Å². The second-order valence-electron chi connectivity index (χ2n) is 5.58. The van der Waals surface area contributed by atoms with Crippen LogP contribution in [0.2, 0.25) is 0 Å². The van der Waals surface area contributed by atoms with Crippen molar-refractivity contribution in [3.05, 3.63) is 31.2 Å². The van der Waals surface area contributed by atoms with Crippen molar-refractivity contribution in [3.8, 4) is 0 Å². The third kappa shape index (κ3) is 6.82. The minimum Gasteiger partial charge on any atom is -0.357 e. The third-order valence-electron chi connectivity index (χ3n) is 3.63. The Hall–Kier alpha value is -0.740. The number of rotatable bonds is 7. The van der Waals surface area contributed by atoms with Crippen molar-refractivity contribution >= 4 is 52.6 Å². The van der Waals surface area contributed by atoms with Crippen LogP contribution in [-0.2, 0) is 19.4 Å². The van der Waals surface area contributed by atoms with Crippen molar-refractivity contribution in [2.24, 2.45) is 4.99 Å². The highest BCUT2D eigenvalue weighted by Crippen LogP contribution is 2.18. The van der Waals surface area contributed by atoms with Gasteiger partial charge in [0.2, 0.25) is 0 Å². The topological polar surface area (TPSA) is 62.2 Å². The lowest BCUT2D eigenvalue weighted by molar-refractivity contribution is 0.794. The van der Waals surface area contributed by atoms with Gasteiger partial charge in [-0.25, -0.2) is 15.0 Å². The zero-order valence-electron chi connectivity index (χ0n) is 15.6. The predicted octanol–water partition coefficient (Wildman–Crippen LogP) is 4.00. The van der Waals surface area contributed by atoms with Gasteiger partial charge in [-0.2, -0.15) is 0 Å². The van der Waals surface area contributed by atoms with E-state index in [9.17, 15) is 0 Å². The SMILES string of the molecule is CCNC(=NCc1sc(C)nc1C)NCCc1nc(CC)c(C)s1.I. The first-order chi connectivity index (χ1) is 11.5. The van der Waals surface area contributed by atoms with Crippen LogP contribution in [0.3, 0.4) is 0 Å². The van der Waals surface area contributed by atoms with E-state index in [-0.39, 0.29) is 24.0 Å². The average molecular weight is 493 g/mol. The quantitative estimate of drug-likeness (QED) is 0.348. The number of hydrogen-bond acceptors (Lipinski definition) is 5. The monoisotopic (exact) mass is 493 g/mol. The van der Waals surface area contributed by atoms with Gasteiger partial charge in [0.1, 0.15) is 0 Å². The Kier molecular flexibility index (Phi) is 9.88. The van der Waals surface area contributed by atoms with Crippen molar-refractivity contribution in [1.29, 1.82) is 0 Å². The zero-order chi connectivity index (χ0) is 17.5. The molecule has 5 nitrogen and oxygen atoms in total. The molecule has 0 atom stereocenters. The molecule has 0 aliphatic heterocycles. The molecule has 2 N–H and O–H groups in total. The Labute approximate surface area is 175 Å². The summed E-state index contributed by atoms with van der Waals surface area (Å²) in [6.45, 7) is 12.8. The second-order valence-corrected chi connectivity index (χ2v) is 8.15. The molecule has 2 heterocycles. The highest BCUT2D eigenvalue weighted by Gasteiger charge is 2.07. The van der Waals surface area contributed by atoms with Crippen molar-refractivity contribution in [2.45, 2.75) is 54.0 Å². The normalized spacial score (nSPS) is 11.3. The van der Waals surface area contributed by atoms with E-state index in [1.54, 1.807) is 22.7 Å². The first kappa shape index (κ1) is 22.3. The van der Waals surface area contributed by atoms with Crippen LogP contribution in [0.4, 0.5) is 0 Å². The molecule has 2 rings (SSSR count). The number of thiazole rings is 2. The number of hydrogen-bond donors (Lipinski definition) is 2. The van der Waals surface area contributed by atoms with Crippen LogP contribution in [0.1, 0.15) is 45.0 Å². The van der Waals surface area contributed by atoms with Crippen molar-refractivity contribution in [2.75, 3.05) is 13.1 Å². The van der Waals surface area contributed by atoms with Gasteiger partial charge in [-0.05, 0) is 34.1 Å². The number of aromatic nitrogens is 2. The summed E-state index contributed by atoms with van der Waals surface area (Å²) < 4.78 is 0. The average Bonchev–Trinajstić information content (AvgIpc) is 3.06. The Balaban J connectivity index is 0.00000312. The van der Waals surface area contributed by atoms with Gasteiger partial charge in [-0.1, -0.05) is 6.92 Å². The van der Waals surface area contributed by atoms with E-state index in [0.717, 1.165) is 42.6 Å². The van der Waals surface area contributed by atoms with E-state index in [1.165, 1.54) is 20.5 Å². The summed E-state index contributed by atoms with van der Waals surface area (Å²) in [4.78, 5) is 16.4. The molecule has 0 bridgehead atoms. The first-order valence-electron chi connectivity index (χ1n) is 8.43. The van der Waals surface area contributed by atoms with Gasteiger partial charge in [0.25, 0.3) is 0 Å². The predicted molar refractivity (Wildman–Crippen MR) is 120 cm³/mol. The Morgan fingerprint density at radius 1 is 1.08 bits per heavy atom. The summed E-state index contributed by atoms with van der Waals surface area (Å²) in [5, 5.41) is 9.00. The molecule has 140 valence electrons. The fraction of sp³-hybridized carbons (Fsp3) is 0.588. The first-order valence-corrected chi connectivity index (χ1v) is 10.1. The molecule has 0 saturated heterocycles. The number of guanidine groups is 1. The van der Waals surface area contributed by atoms with Crippen LogP contribution < -0.4 is 10.6 Å². The molecule has 0 saturated carbocycles. The standard InChI is InChI=1S/C17H27N5S2.HI/c1-6-14-12(4)23-16(22-14)8-9-19-17(18-7-2)20-10-15-11(3)21-13(5)24-15;/h6-10H2,1-5H3,(H2,18,19,20);1H. The smallest absolute Gasteiger partial charge is 0.191 e. The lowest BCUT2D eigenvalue weighted by Crippen LogP contribution is -2.38. The summed E-state index contributed by atoms with van der Waals surface area (Å²) in [6, 6.07) is 0. The summed E-state index contributed by atoms with van der Waals surface area (Å²) in [6.07, 6.45) is 1.93. The van der Waals surface area contributed by atoms with Crippen LogP contribution in [0.25, 0.3) is 0 Å². The Morgan fingerprint density at radius 3 is 2.40 bits per heavy atom. The number of nitrogens with one attached hydrogen (secondary N) is 2. The van der Waals surface area contributed by atoms with Crippen LogP contribution >= 0.6 is 46.7 Å². The van der Waals surface area contributed by atoms with E-state index in [2.05, 4.69) is 41.4 Å². The van der Waals surface area contributed by atoms with E-state index in [0.29, 0.717) is 6.54 Å². The highest BCUT2D eigenvalue weighted by atomic mass is 127. The summed E-state index contributed by atoms with van der Waals surface area (Å²) in [5.41, 5.74) is 2.31. The minimum atomic E-state index is 0. The lowest BCUT2D eigenvalue weighted by atomic mass is 10.3. The van der Waals surface area contributed by atoms with Crippen molar-refractivity contribution < 1.29 is 0 Å². The second kappa shape index (κ2) is 11.1. The molecule has 25 heavy (non-hydrogen) atoms. The third-order valence-corrected chi connectivity index (χ3v) is 5.76. The number of halogens is 1. The molecule has 0 amide bonds. The van der Waals surface area contributed by atoms with Gasteiger partial charge in [0.05, 0.1) is 27.9 Å². The van der Waals surface area contributed by atoms with Gasteiger partial charge in [-0.15, -0.1) is 46.7 Å². The molecular formula is C17H28IN5S2. The number of nitrogens with zero attached hydrogens (tertiary/aromatic N) is 3. The van der Waals surface area contributed by atoms with Crippen molar-refractivity contribution in [3.63, 3.8) is 0 Å². The molecule has 0 fully saturated rings. The number of aryl methyl sites for hydroxylation is 4. The van der Waals surface area contributed by atoms with E-state index < -0.39 is 0 Å². The largest absolute Gasteiger partial charge is 0.357 e. The maximum Gasteiger partial charge on any atom is 0.191 e. The fourth-order valence-corrected chi connectivity index (χ4v) is 4.31. The Morgan fingerprint density at radius 2 is 1.84 bits per heavy atom.